The van der Waals surface area contributed by atoms with Gasteiger partial charge in [-0.1, -0.05) is 12.1 Å². The van der Waals surface area contributed by atoms with Crippen molar-refractivity contribution in [3.05, 3.63) is 52.8 Å². The van der Waals surface area contributed by atoms with Crippen LogP contribution in [0.15, 0.2) is 30.3 Å². The first-order valence-electron chi connectivity index (χ1n) is 9.95. The highest BCUT2D eigenvalue weighted by atomic mass is 32.3. The predicted octanol–water partition coefficient (Wildman–Crippen LogP) is 4.87. The molecule has 0 fully saturated rings. The van der Waals surface area contributed by atoms with E-state index in [1.165, 1.54) is 38.5 Å². The first-order valence-corrected chi connectivity index (χ1v) is 13.9. The molecule has 0 radical (unpaired) electrons. The molecule has 0 amide bonds. The van der Waals surface area contributed by atoms with Crippen molar-refractivity contribution in [1.29, 1.82) is 0 Å². The van der Waals surface area contributed by atoms with E-state index in [9.17, 15) is 26.2 Å². The van der Waals surface area contributed by atoms with Crippen molar-refractivity contribution < 1.29 is 34.9 Å². The maximum absolute atomic E-state index is 13.4. The number of aryl methyl sites for hydroxylation is 1. The van der Waals surface area contributed by atoms with Gasteiger partial charge in [-0.3, -0.25) is 4.55 Å². The summed E-state index contributed by atoms with van der Waals surface area (Å²) in [7, 11) is -8.01. The summed E-state index contributed by atoms with van der Waals surface area (Å²) in [6, 6.07) is 5.93. The van der Waals surface area contributed by atoms with Crippen molar-refractivity contribution in [3.63, 3.8) is 0 Å². The predicted molar refractivity (Wildman–Crippen MR) is 124 cm³/mol. The lowest BCUT2D eigenvalue weighted by molar-refractivity contribution is -0.138. The molecule has 184 valence electrons. The zero-order valence-electron chi connectivity index (χ0n) is 18.9. The van der Waals surface area contributed by atoms with Gasteiger partial charge in [-0.15, -0.1) is 0 Å². The van der Waals surface area contributed by atoms with E-state index < -0.39 is 35.3 Å². The SMILES string of the molecule is Cc1nc(N[C@H](C)c2cccc(C(F)(F)F)c2C)c2cc(P(C)(C)=O)c(OS(=O)(=O)O)cc2n1. The highest BCUT2D eigenvalue weighted by Crippen LogP contribution is 2.41. The molecule has 3 aromatic rings. The van der Waals surface area contributed by atoms with E-state index in [4.69, 9.17) is 4.55 Å². The van der Waals surface area contributed by atoms with Crippen LogP contribution in [-0.4, -0.2) is 36.3 Å². The van der Waals surface area contributed by atoms with Crippen LogP contribution in [0.3, 0.4) is 0 Å². The third-order valence-electron chi connectivity index (χ3n) is 5.16. The van der Waals surface area contributed by atoms with E-state index in [2.05, 4.69) is 19.5 Å². The second kappa shape index (κ2) is 8.83. The molecule has 0 aliphatic heterocycles. The monoisotopic (exact) mass is 517 g/mol. The summed E-state index contributed by atoms with van der Waals surface area (Å²) in [5.41, 5.74) is -0.0444. The summed E-state index contributed by atoms with van der Waals surface area (Å²) in [6.45, 7) is 7.42. The molecular formula is C21H23F3N3O5PS. The zero-order chi connectivity index (χ0) is 25.6. The highest BCUT2D eigenvalue weighted by molar-refractivity contribution is 7.81. The Morgan fingerprint density at radius 1 is 1.15 bits per heavy atom. The van der Waals surface area contributed by atoms with E-state index in [-0.39, 0.29) is 33.8 Å². The molecule has 1 aromatic heterocycles. The quantitative estimate of drug-likeness (QED) is 0.351. The van der Waals surface area contributed by atoms with Crippen molar-refractivity contribution in [3.8, 4) is 5.75 Å². The van der Waals surface area contributed by atoms with Crippen LogP contribution in [0.1, 0.15) is 35.5 Å². The number of nitrogens with one attached hydrogen (secondary N) is 1. The molecule has 0 unspecified atom stereocenters. The lowest BCUT2D eigenvalue weighted by atomic mass is 9.97. The third kappa shape index (κ3) is 5.68. The van der Waals surface area contributed by atoms with E-state index >= 15 is 0 Å². The van der Waals surface area contributed by atoms with Crippen LogP contribution in [0.5, 0.6) is 5.75 Å². The molecule has 0 spiro atoms. The molecule has 0 aliphatic rings. The van der Waals surface area contributed by atoms with Crippen LogP contribution in [-0.2, 0) is 21.1 Å². The van der Waals surface area contributed by atoms with E-state index in [0.29, 0.717) is 10.9 Å². The number of alkyl halides is 3. The number of aromatic nitrogens is 2. The molecule has 2 N–H and O–H groups in total. The minimum absolute atomic E-state index is 0.0241. The molecule has 0 saturated carbocycles. The average Bonchev–Trinajstić information content (AvgIpc) is 2.64. The van der Waals surface area contributed by atoms with Crippen molar-refractivity contribution in [2.75, 3.05) is 18.6 Å². The van der Waals surface area contributed by atoms with Gasteiger partial charge >= 0.3 is 16.6 Å². The smallest absolute Gasteiger partial charge is 0.363 e. The summed E-state index contributed by atoms with van der Waals surface area (Å²) in [5, 5.41) is 3.47. The van der Waals surface area contributed by atoms with Gasteiger partial charge in [-0.2, -0.15) is 21.6 Å². The maximum Gasteiger partial charge on any atom is 0.446 e. The van der Waals surface area contributed by atoms with Gasteiger partial charge in [0.25, 0.3) is 0 Å². The fraction of sp³-hybridized carbons (Fsp3) is 0.333. The molecule has 1 atom stereocenters. The fourth-order valence-electron chi connectivity index (χ4n) is 3.68. The van der Waals surface area contributed by atoms with Gasteiger partial charge < -0.3 is 14.1 Å². The highest BCUT2D eigenvalue weighted by Gasteiger charge is 2.33. The van der Waals surface area contributed by atoms with E-state index in [1.54, 1.807) is 19.9 Å². The van der Waals surface area contributed by atoms with Gasteiger partial charge in [-0.25, -0.2) is 9.97 Å². The number of anilines is 1. The van der Waals surface area contributed by atoms with Gasteiger partial charge in [-0.05, 0) is 57.4 Å². The Morgan fingerprint density at radius 2 is 1.79 bits per heavy atom. The van der Waals surface area contributed by atoms with E-state index in [0.717, 1.165) is 6.07 Å². The lowest BCUT2D eigenvalue weighted by Crippen LogP contribution is -2.17. The Bertz CT molecular complexity index is 1420. The number of rotatable bonds is 6. The topological polar surface area (TPSA) is 118 Å². The van der Waals surface area contributed by atoms with E-state index in [1.807, 2.05) is 0 Å². The van der Waals surface area contributed by atoms with Crippen LogP contribution in [0.25, 0.3) is 10.9 Å². The Balaban J connectivity index is 2.16. The Hall–Kier alpha value is -2.69. The van der Waals surface area contributed by atoms with Gasteiger partial charge in [0, 0.05) is 11.5 Å². The minimum atomic E-state index is -4.90. The van der Waals surface area contributed by atoms with Gasteiger partial charge in [0.2, 0.25) is 0 Å². The molecule has 1 heterocycles. The minimum Gasteiger partial charge on any atom is -0.363 e. The Labute approximate surface area is 194 Å². The number of hydrogen-bond acceptors (Lipinski definition) is 7. The molecule has 0 saturated heterocycles. The normalized spacial score (nSPS) is 13.7. The number of halogens is 3. The second-order valence-electron chi connectivity index (χ2n) is 8.20. The lowest BCUT2D eigenvalue weighted by Gasteiger charge is -2.21. The number of fused-ring (bicyclic) bond motifs is 1. The average molecular weight is 517 g/mol. The molecule has 0 bridgehead atoms. The second-order valence-corrected chi connectivity index (χ2v) is 12.4. The molecule has 34 heavy (non-hydrogen) atoms. The molecule has 13 heteroatoms. The van der Waals surface area contributed by atoms with Crippen LogP contribution < -0.4 is 14.8 Å². The van der Waals surface area contributed by atoms with Crippen molar-refractivity contribution in [1.82, 2.24) is 9.97 Å². The van der Waals surface area contributed by atoms with Gasteiger partial charge in [0.05, 0.1) is 22.4 Å². The Morgan fingerprint density at radius 3 is 2.35 bits per heavy atom. The molecular weight excluding hydrogens is 494 g/mol. The first kappa shape index (κ1) is 25.9. The number of hydrogen-bond donors (Lipinski definition) is 2. The van der Waals surface area contributed by atoms with Crippen LogP contribution in [0.4, 0.5) is 19.0 Å². The molecule has 3 rings (SSSR count). The fourth-order valence-corrected chi connectivity index (χ4v) is 5.19. The van der Waals surface area contributed by atoms with Crippen LogP contribution in [0, 0.1) is 13.8 Å². The van der Waals surface area contributed by atoms with Crippen molar-refractivity contribution >= 4 is 39.6 Å². The first-order chi connectivity index (χ1) is 15.5. The maximum atomic E-state index is 13.4. The standard InChI is InChI=1S/C21H23F3N3O5PS/c1-11-14(7-6-8-16(11)21(22,23)24)12(2)25-20-15-9-19(33(4,5)28)18(32-34(29,30)31)10-17(15)26-13(3)27-20/h6-10,12H,1-5H3,(H,25,26,27)(H,29,30,31)/t12-/m1/s1. The van der Waals surface area contributed by atoms with Crippen LogP contribution >= 0.6 is 7.14 Å². The zero-order valence-corrected chi connectivity index (χ0v) is 20.6. The van der Waals surface area contributed by atoms with Crippen LogP contribution in [0.2, 0.25) is 0 Å². The summed E-state index contributed by atoms with van der Waals surface area (Å²) in [4.78, 5) is 8.60. The van der Waals surface area contributed by atoms with Crippen molar-refractivity contribution in [2.24, 2.45) is 0 Å². The molecule has 2 aromatic carbocycles. The number of benzene rings is 2. The summed E-state index contributed by atoms with van der Waals surface area (Å²) >= 11 is 0. The largest absolute Gasteiger partial charge is 0.446 e. The summed E-state index contributed by atoms with van der Waals surface area (Å²) in [6.07, 6.45) is -4.50. The Kier molecular flexibility index (Phi) is 6.73. The number of nitrogens with zero attached hydrogens (tertiary/aromatic N) is 2. The van der Waals surface area contributed by atoms with Gasteiger partial charge in [0.1, 0.15) is 18.8 Å². The summed E-state index contributed by atoms with van der Waals surface area (Å²) < 4.78 is 89.3. The van der Waals surface area contributed by atoms with Gasteiger partial charge in [0.15, 0.2) is 5.75 Å². The third-order valence-corrected chi connectivity index (χ3v) is 7.06. The van der Waals surface area contributed by atoms with Crippen molar-refractivity contribution in [2.45, 2.75) is 33.0 Å². The summed E-state index contributed by atoms with van der Waals surface area (Å²) in [5.74, 6) is 0.193. The molecule has 0 aliphatic carbocycles. The molecule has 8 nitrogen and oxygen atoms in total.